The van der Waals surface area contributed by atoms with Crippen LogP contribution < -0.4 is 5.32 Å². The van der Waals surface area contributed by atoms with E-state index in [1.807, 2.05) is 37.5 Å². The van der Waals surface area contributed by atoms with E-state index in [2.05, 4.69) is 10.3 Å². The molecule has 128 valence electrons. The van der Waals surface area contributed by atoms with Crippen LogP contribution in [0.2, 0.25) is 0 Å². The first-order valence-electron chi connectivity index (χ1n) is 8.02. The summed E-state index contributed by atoms with van der Waals surface area (Å²) in [7, 11) is 0. The van der Waals surface area contributed by atoms with Crippen LogP contribution in [0.4, 0.5) is 5.82 Å². The normalized spacial score (nSPS) is 10.5. The lowest BCUT2D eigenvalue weighted by molar-refractivity contribution is 0.0512. The first-order chi connectivity index (χ1) is 11.4. The number of esters is 1. The lowest BCUT2D eigenvalue weighted by atomic mass is 10.1. The van der Waals surface area contributed by atoms with Gasteiger partial charge in [0.25, 0.3) is 5.91 Å². The van der Waals surface area contributed by atoms with Crippen LogP contribution in [0.15, 0.2) is 18.2 Å². The topological polar surface area (TPSA) is 73.2 Å². The van der Waals surface area contributed by atoms with Gasteiger partial charge in [-0.25, -0.2) is 9.78 Å². The average molecular weight is 329 g/mol. The number of hydrogen-bond acceptors (Lipinski definition) is 4. The van der Waals surface area contributed by atoms with Gasteiger partial charge in [0.2, 0.25) is 0 Å². The number of ether oxygens (including phenoxy) is 1. The van der Waals surface area contributed by atoms with Gasteiger partial charge < -0.3 is 14.6 Å². The van der Waals surface area contributed by atoms with Crippen LogP contribution in [0, 0.1) is 20.8 Å². The van der Waals surface area contributed by atoms with Crippen molar-refractivity contribution in [3.05, 3.63) is 46.4 Å². The van der Waals surface area contributed by atoms with Crippen molar-refractivity contribution in [3.63, 3.8) is 0 Å². The highest BCUT2D eigenvalue weighted by Crippen LogP contribution is 2.24. The van der Waals surface area contributed by atoms with Crippen LogP contribution >= 0.6 is 0 Å². The molecule has 0 saturated carbocycles. The standard InChI is InChI=1S/C18H23N3O3/c1-6-21-13(5)15(12(4)16(21)18(23)24-7-2)17(22)20-14-10-8-9-11(3)19-14/h8-10H,6-7H2,1-5H3,(H,19,20,22). The van der Waals surface area contributed by atoms with Gasteiger partial charge >= 0.3 is 5.97 Å². The van der Waals surface area contributed by atoms with Crippen LogP contribution in [-0.2, 0) is 11.3 Å². The molecule has 0 spiro atoms. The fourth-order valence-electron chi connectivity index (χ4n) is 2.88. The second kappa shape index (κ2) is 7.29. The lowest BCUT2D eigenvalue weighted by Crippen LogP contribution is -2.15. The second-order valence-corrected chi connectivity index (χ2v) is 5.52. The molecule has 1 N–H and O–H groups in total. The van der Waals surface area contributed by atoms with Gasteiger partial charge in [-0.3, -0.25) is 4.79 Å². The molecule has 1 amide bonds. The Morgan fingerprint density at radius 2 is 1.92 bits per heavy atom. The number of aromatic nitrogens is 2. The molecule has 24 heavy (non-hydrogen) atoms. The van der Waals surface area contributed by atoms with Gasteiger partial charge in [-0.15, -0.1) is 0 Å². The van der Waals surface area contributed by atoms with Crippen LogP contribution in [0.3, 0.4) is 0 Å². The quantitative estimate of drug-likeness (QED) is 0.855. The first-order valence-corrected chi connectivity index (χ1v) is 8.02. The second-order valence-electron chi connectivity index (χ2n) is 5.52. The smallest absolute Gasteiger partial charge is 0.355 e. The van der Waals surface area contributed by atoms with E-state index in [9.17, 15) is 9.59 Å². The summed E-state index contributed by atoms with van der Waals surface area (Å²) in [5.74, 6) is -0.200. The van der Waals surface area contributed by atoms with Crippen LogP contribution in [0.1, 0.15) is 51.6 Å². The third-order valence-corrected chi connectivity index (χ3v) is 3.91. The maximum absolute atomic E-state index is 12.7. The zero-order valence-electron chi connectivity index (χ0n) is 14.8. The van der Waals surface area contributed by atoms with Crippen LogP contribution in [0.5, 0.6) is 0 Å². The van der Waals surface area contributed by atoms with Crippen molar-refractivity contribution in [1.29, 1.82) is 0 Å². The maximum Gasteiger partial charge on any atom is 0.355 e. The number of amides is 1. The van der Waals surface area contributed by atoms with Gasteiger partial charge in [-0.1, -0.05) is 6.07 Å². The fourth-order valence-corrected chi connectivity index (χ4v) is 2.88. The number of pyridine rings is 1. The molecule has 6 heteroatoms. The highest BCUT2D eigenvalue weighted by Gasteiger charge is 2.26. The maximum atomic E-state index is 12.7. The van der Waals surface area contributed by atoms with Crippen LogP contribution in [0.25, 0.3) is 0 Å². The molecule has 0 aliphatic rings. The third-order valence-electron chi connectivity index (χ3n) is 3.91. The summed E-state index contributed by atoms with van der Waals surface area (Å²) in [4.78, 5) is 29.2. The molecule has 6 nitrogen and oxygen atoms in total. The Morgan fingerprint density at radius 1 is 1.21 bits per heavy atom. The number of carbonyl (C=O) groups is 2. The number of carbonyl (C=O) groups excluding carboxylic acids is 2. The van der Waals surface area contributed by atoms with Crippen molar-refractivity contribution in [2.24, 2.45) is 0 Å². The Hall–Kier alpha value is -2.63. The fraction of sp³-hybridized carbons (Fsp3) is 0.389. The number of rotatable bonds is 5. The van der Waals surface area contributed by atoms with Crippen molar-refractivity contribution in [3.8, 4) is 0 Å². The summed E-state index contributed by atoms with van der Waals surface area (Å²) in [6, 6.07) is 5.43. The largest absolute Gasteiger partial charge is 0.461 e. The van der Waals surface area contributed by atoms with E-state index in [1.165, 1.54) is 0 Å². The van der Waals surface area contributed by atoms with Crippen molar-refractivity contribution < 1.29 is 14.3 Å². The van der Waals surface area contributed by atoms with E-state index in [-0.39, 0.29) is 5.91 Å². The summed E-state index contributed by atoms with van der Waals surface area (Å²) in [5, 5.41) is 2.80. The molecule has 0 fully saturated rings. The molecule has 2 aromatic heterocycles. The van der Waals surface area contributed by atoms with Gasteiger partial charge in [0.1, 0.15) is 11.5 Å². The molecule has 2 aromatic rings. The molecule has 0 aliphatic heterocycles. The molecule has 0 radical (unpaired) electrons. The molecule has 2 rings (SSSR count). The zero-order chi connectivity index (χ0) is 17.9. The highest BCUT2D eigenvalue weighted by molar-refractivity contribution is 6.08. The van der Waals surface area contributed by atoms with Gasteiger partial charge in [0, 0.05) is 17.9 Å². The highest BCUT2D eigenvalue weighted by atomic mass is 16.5. The van der Waals surface area contributed by atoms with E-state index >= 15 is 0 Å². The Morgan fingerprint density at radius 3 is 2.50 bits per heavy atom. The van der Waals surface area contributed by atoms with Gasteiger partial charge in [-0.2, -0.15) is 0 Å². The summed E-state index contributed by atoms with van der Waals surface area (Å²) in [6.07, 6.45) is 0. The summed E-state index contributed by atoms with van der Waals surface area (Å²) >= 11 is 0. The molecular formula is C18H23N3O3. The van der Waals surface area contributed by atoms with Gasteiger partial charge in [0.15, 0.2) is 0 Å². The van der Waals surface area contributed by atoms with Crippen LogP contribution in [-0.4, -0.2) is 28.0 Å². The van der Waals surface area contributed by atoms with E-state index in [0.717, 1.165) is 11.4 Å². The number of aryl methyl sites for hydroxylation is 1. The van der Waals surface area contributed by atoms with E-state index in [4.69, 9.17) is 4.74 Å². The van der Waals surface area contributed by atoms with Gasteiger partial charge in [-0.05, 0) is 52.3 Å². The SMILES string of the molecule is CCOC(=O)c1c(C)c(C(=O)Nc2cccc(C)n2)c(C)n1CC. The molecule has 0 saturated heterocycles. The average Bonchev–Trinajstić information content (AvgIpc) is 2.77. The molecular weight excluding hydrogens is 306 g/mol. The van der Waals surface area contributed by atoms with Crippen molar-refractivity contribution in [1.82, 2.24) is 9.55 Å². The summed E-state index contributed by atoms with van der Waals surface area (Å²) in [5.41, 5.74) is 3.10. The number of anilines is 1. The molecule has 0 aliphatic carbocycles. The van der Waals surface area contributed by atoms with Crippen molar-refractivity contribution in [2.45, 2.75) is 41.2 Å². The zero-order valence-corrected chi connectivity index (χ0v) is 14.8. The molecule has 0 atom stereocenters. The number of hydrogen-bond donors (Lipinski definition) is 1. The van der Waals surface area contributed by atoms with Crippen molar-refractivity contribution >= 4 is 17.7 Å². The van der Waals surface area contributed by atoms with Gasteiger partial charge in [0.05, 0.1) is 12.2 Å². The van der Waals surface area contributed by atoms with E-state index in [1.54, 1.807) is 19.9 Å². The first kappa shape index (κ1) is 17.7. The van der Waals surface area contributed by atoms with E-state index in [0.29, 0.717) is 35.8 Å². The minimum atomic E-state index is -0.410. The molecule has 2 heterocycles. The monoisotopic (exact) mass is 329 g/mol. The Balaban J connectivity index is 2.43. The van der Waals surface area contributed by atoms with E-state index < -0.39 is 5.97 Å². The predicted octanol–water partition coefficient (Wildman–Crippen LogP) is 3.26. The summed E-state index contributed by atoms with van der Waals surface area (Å²) < 4.78 is 6.94. The summed E-state index contributed by atoms with van der Waals surface area (Å²) in [6.45, 7) is 10.0. The number of nitrogens with zero attached hydrogens (tertiary/aromatic N) is 2. The predicted molar refractivity (Wildman–Crippen MR) is 92.5 cm³/mol. The Bertz CT molecular complexity index is 778. The molecule has 0 aromatic carbocycles. The molecule has 0 unspecified atom stereocenters. The van der Waals surface area contributed by atoms with Crippen molar-refractivity contribution in [2.75, 3.05) is 11.9 Å². The lowest BCUT2D eigenvalue weighted by Gasteiger charge is -2.08. The Labute approximate surface area is 141 Å². The third kappa shape index (κ3) is 3.32. The number of nitrogens with one attached hydrogen (secondary N) is 1. The minimum Gasteiger partial charge on any atom is -0.461 e. The molecule has 0 bridgehead atoms. The minimum absolute atomic E-state index is 0.277. The Kier molecular flexibility index (Phi) is 5.39.